The van der Waals surface area contributed by atoms with Crippen LogP contribution in [0.2, 0.25) is 5.02 Å². The summed E-state index contributed by atoms with van der Waals surface area (Å²) in [5.74, 6) is 0. The number of aromatic nitrogens is 3. The molecule has 0 aliphatic rings. The van der Waals surface area contributed by atoms with Crippen LogP contribution in [0.1, 0.15) is 12.6 Å². The summed E-state index contributed by atoms with van der Waals surface area (Å²) in [7, 11) is 0. The molecule has 1 aromatic carbocycles. The van der Waals surface area contributed by atoms with Gasteiger partial charge in [0, 0.05) is 17.1 Å². The summed E-state index contributed by atoms with van der Waals surface area (Å²) in [6.07, 6.45) is 0. The fraction of sp³-hybridized carbons (Fsp3) is 0.231. The number of benzene rings is 1. The molecule has 0 fully saturated rings. The minimum Gasteiger partial charge on any atom is -0.325 e. The van der Waals surface area contributed by atoms with E-state index >= 15 is 0 Å². The summed E-state index contributed by atoms with van der Waals surface area (Å²) in [4.78, 5) is 0. The van der Waals surface area contributed by atoms with Crippen molar-refractivity contribution < 1.29 is 0 Å². The third-order valence-corrected chi connectivity index (χ3v) is 2.75. The number of hydrogen-bond acceptors (Lipinski definition) is 3. The lowest BCUT2D eigenvalue weighted by Crippen LogP contribution is -2.05. The number of allylic oxidation sites excluding steroid dienone is 1. The molecule has 1 heterocycles. The molecule has 0 amide bonds. The van der Waals surface area contributed by atoms with E-state index in [-0.39, 0.29) is 0 Å². The van der Waals surface area contributed by atoms with Crippen LogP contribution in [0.3, 0.4) is 0 Å². The van der Waals surface area contributed by atoms with Crippen LogP contribution < -0.4 is 5.73 Å². The first-order chi connectivity index (χ1) is 8.61. The molecule has 5 heteroatoms. The van der Waals surface area contributed by atoms with E-state index in [4.69, 9.17) is 17.3 Å². The molecule has 94 valence electrons. The lowest BCUT2D eigenvalue weighted by Gasteiger charge is -2.08. The number of hydrogen-bond donors (Lipinski definition) is 1. The molecule has 4 nitrogen and oxygen atoms in total. The van der Waals surface area contributed by atoms with Crippen molar-refractivity contribution in [1.29, 1.82) is 0 Å². The maximum absolute atomic E-state index is 6.02. The Morgan fingerprint density at radius 3 is 2.89 bits per heavy atom. The molecule has 18 heavy (non-hydrogen) atoms. The summed E-state index contributed by atoms with van der Waals surface area (Å²) in [6, 6.07) is 7.59. The number of nitrogens with two attached hydrogens (primary N) is 1. The Bertz CT molecular complexity index is 574. The SMILES string of the molecule is C=C(C)Cn1nnc(CN)c1-c1cccc(Cl)c1. The van der Waals surface area contributed by atoms with Crippen LogP contribution in [0, 0.1) is 0 Å². The van der Waals surface area contributed by atoms with E-state index in [9.17, 15) is 0 Å². The van der Waals surface area contributed by atoms with Gasteiger partial charge in [0.25, 0.3) is 0 Å². The van der Waals surface area contributed by atoms with Gasteiger partial charge in [0.2, 0.25) is 0 Å². The van der Waals surface area contributed by atoms with Crippen molar-refractivity contribution in [2.45, 2.75) is 20.0 Å². The second kappa shape index (κ2) is 5.33. The Morgan fingerprint density at radius 1 is 1.50 bits per heavy atom. The minimum atomic E-state index is 0.345. The predicted molar refractivity (Wildman–Crippen MR) is 73.2 cm³/mol. The molecule has 0 radical (unpaired) electrons. The van der Waals surface area contributed by atoms with Gasteiger partial charge in [0.15, 0.2) is 0 Å². The highest BCUT2D eigenvalue weighted by Gasteiger charge is 2.13. The first-order valence-corrected chi connectivity index (χ1v) is 6.02. The van der Waals surface area contributed by atoms with Crippen LogP contribution in [0.5, 0.6) is 0 Å². The summed E-state index contributed by atoms with van der Waals surface area (Å²) < 4.78 is 1.80. The molecule has 0 atom stereocenters. The summed E-state index contributed by atoms with van der Waals surface area (Å²) in [5, 5.41) is 8.89. The molecule has 2 rings (SSSR count). The van der Waals surface area contributed by atoms with E-state index in [2.05, 4.69) is 16.9 Å². The Morgan fingerprint density at radius 2 is 2.28 bits per heavy atom. The summed E-state index contributed by atoms with van der Waals surface area (Å²) >= 11 is 6.02. The molecule has 0 saturated carbocycles. The van der Waals surface area contributed by atoms with Crippen molar-refractivity contribution in [1.82, 2.24) is 15.0 Å². The van der Waals surface area contributed by atoms with Gasteiger partial charge in [-0.05, 0) is 19.1 Å². The van der Waals surface area contributed by atoms with Crippen molar-refractivity contribution in [2.24, 2.45) is 5.73 Å². The van der Waals surface area contributed by atoms with Gasteiger partial charge in [-0.3, -0.25) is 0 Å². The Hall–Kier alpha value is -1.65. The quantitative estimate of drug-likeness (QED) is 0.862. The van der Waals surface area contributed by atoms with Crippen LogP contribution in [-0.4, -0.2) is 15.0 Å². The van der Waals surface area contributed by atoms with Gasteiger partial charge >= 0.3 is 0 Å². The smallest absolute Gasteiger partial charge is 0.104 e. The normalized spacial score (nSPS) is 10.6. The van der Waals surface area contributed by atoms with E-state index in [1.165, 1.54) is 0 Å². The molecular formula is C13H15ClN4. The minimum absolute atomic E-state index is 0.345. The molecule has 0 aliphatic heterocycles. The number of nitrogens with zero attached hydrogens (tertiary/aromatic N) is 3. The topological polar surface area (TPSA) is 56.7 Å². The van der Waals surface area contributed by atoms with E-state index in [0.29, 0.717) is 18.1 Å². The van der Waals surface area contributed by atoms with Crippen LogP contribution in [0.4, 0.5) is 0 Å². The first-order valence-electron chi connectivity index (χ1n) is 5.64. The molecule has 0 unspecified atom stereocenters. The van der Waals surface area contributed by atoms with Gasteiger partial charge in [-0.1, -0.05) is 41.1 Å². The highest BCUT2D eigenvalue weighted by Crippen LogP contribution is 2.25. The fourth-order valence-electron chi connectivity index (χ4n) is 1.80. The van der Waals surface area contributed by atoms with Gasteiger partial charge in [0.05, 0.1) is 12.2 Å². The van der Waals surface area contributed by atoms with Crippen LogP contribution >= 0.6 is 11.6 Å². The molecule has 0 bridgehead atoms. The molecule has 0 spiro atoms. The maximum Gasteiger partial charge on any atom is 0.104 e. The third kappa shape index (κ3) is 2.60. The van der Waals surface area contributed by atoms with Crippen molar-refractivity contribution >= 4 is 11.6 Å². The molecular weight excluding hydrogens is 248 g/mol. The van der Waals surface area contributed by atoms with E-state index < -0.39 is 0 Å². The zero-order valence-electron chi connectivity index (χ0n) is 10.2. The largest absolute Gasteiger partial charge is 0.325 e. The lowest BCUT2D eigenvalue weighted by molar-refractivity contribution is 0.648. The van der Waals surface area contributed by atoms with E-state index in [1.807, 2.05) is 31.2 Å². The first kappa shape index (κ1) is 12.8. The molecule has 1 aromatic heterocycles. The third-order valence-electron chi connectivity index (χ3n) is 2.52. The van der Waals surface area contributed by atoms with E-state index in [0.717, 1.165) is 22.5 Å². The van der Waals surface area contributed by atoms with Gasteiger partial charge in [-0.25, -0.2) is 4.68 Å². The molecule has 2 aromatic rings. The van der Waals surface area contributed by atoms with Crippen molar-refractivity contribution in [3.63, 3.8) is 0 Å². The highest BCUT2D eigenvalue weighted by molar-refractivity contribution is 6.30. The zero-order valence-corrected chi connectivity index (χ0v) is 11.0. The second-order valence-corrected chi connectivity index (χ2v) is 4.65. The fourth-order valence-corrected chi connectivity index (χ4v) is 1.99. The molecule has 0 aliphatic carbocycles. The van der Waals surface area contributed by atoms with Crippen LogP contribution in [0.15, 0.2) is 36.4 Å². The highest BCUT2D eigenvalue weighted by atomic mass is 35.5. The maximum atomic E-state index is 6.02. The average Bonchev–Trinajstić information content (AvgIpc) is 2.71. The van der Waals surface area contributed by atoms with Gasteiger partial charge < -0.3 is 5.73 Å². The average molecular weight is 263 g/mol. The molecule has 0 saturated heterocycles. The Balaban J connectivity index is 2.53. The van der Waals surface area contributed by atoms with E-state index in [1.54, 1.807) is 4.68 Å². The standard InChI is InChI=1S/C13H15ClN4/c1-9(2)8-18-13(12(7-15)16-17-18)10-4-3-5-11(14)6-10/h3-6H,1,7-8,15H2,2H3. The summed E-state index contributed by atoms with van der Waals surface area (Å²) in [6.45, 7) is 6.81. The number of halogens is 1. The lowest BCUT2D eigenvalue weighted by atomic mass is 10.1. The zero-order chi connectivity index (χ0) is 13.1. The second-order valence-electron chi connectivity index (χ2n) is 4.21. The Labute approximate surface area is 111 Å². The monoisotopic (exact) mass is 262 g/mol. The predicted octanol–water partition coefficient (Wildman–Crippen LogP) is 2.63. The van der Waals surface area contributed by atoms with Crippen LogP contribution in [-0.2, 0) is 13.1 Å². The van der Waals surface area contributed by atoms with Crippen LogP contribution in [0.25, 0.3) is 11.3 Å². The van der Waals surface area contributed by atoms with Gasteiger partial charge in [0.1, 0.15) is 5.69 Å². The van der Waals surface area contributed by atoms with Crippen molar-refractivity contribution in [3.05, 3.63) is 47.1 Å². The van der Waals surface area contributed by atoms with Gasteiger partial charge in [-0.2, -0.15) is 0 Å². The summed E-state index contributed by atoms with van der Waals surface area (Å²) in [5.41, 5.74) is 9.34. The van der Waals surface area contributed by atoms with Crippen molar-refractivity contribution in [3.8, 4) is 11.3 Å². The van der Waals surface area contributed by atoms with Gasteiger partial charge in [-0.15, -0.1) is 5.10 Å². The Kier molecular flexibility index (Phi) is 3.79. The molecule has 2 N–H and O–H groups in total. The number of rotatable bonds is 4. The van der Waals surface area contributed by atoms with Crippen molar-refractivity contribution in [2.75, 3.05) is 0 Å².